The van der Waals surface area contributed by atoms with Crippen LogP contribution in [0.15, 0.2) is 17.3 Å². The Morgan fingerprint density at radius 2 is 2.06 bits per heavy atom. The third-order valence-corrected chi connectivity index (χ3v) is 4.13. The number of hydrogen-bond acceptors (Lipinski definition) is 4. The summed E-state index contributed by atoms with van der Waals surface area (Å²) in [5, 5.41) is 3.98. The zero-order valence-corrected chi connectivity index (χ0v) is 12.2. The molecule has 0 fully saturated rings. The van der Waals surface area contributed by atoms with Crippen LogP contribution in [-0.4, -0.2) is 42.6 Å². The summed E-state index contributed by atoms with van der Waals surface area (Å²) in [4.78, 5) is 0.211. The maximum Gasteiger partial charge on any atom is 0.245 e. The molecule has 2 N–H and O–H groups in total. The molecule has 0 saturated heterocycles. The standard InChI is InChI=1S/C11H22N4O2S/c1-11(2,3)9-14(4)18(16,17)10-7-13-15(8-10)6-5-12/h7-8H,5-6,9,12H2,1-4H3. The van der Waals surface area contributed by atoms with Crippen LogP contribution in [0.2, 0.25) is 0 Å². The molecular formula is C11H22N4O2S. The van der Waals surface area contributed by atoms with E-state index in [-0.39, 0.29) is 10.3 Å². The molecule has 0 aliphatic heterocycles. The number of rotatable bonds is 5. The van der Waals surface area contributed by atoms with Crippen molar-refractivity contribution in [3.63, 3.8) is 0 Å². The molecular weight excluding hydrogens is 252 g/mol. The molecule has 0 aromatic carbocycles. The van der Waals surface area contributed by atoms with Crippen molar-refractivity contribution in [1.82, 2.24) is 14.1 Å². The van der Waals surface area contributed by atoms with Gasteiger partial charge in [0.2, 0.25) is 10.0 Å². The van der Waals surface area contributed by atoms with Crippen molar-refractivity contribution in [1.29, 1.82) is 0 Å². The summed E-state index contributed by atoms with van der Waals surface area (Å²) in [7, 11) is -1.88. The second kappa shape index (κ2) is 5.38. The number of nitrogens with zero attached hydrogens (tertiary/aromatic N) is 3. The highest BCUT2D eigenvalue weighted by Crippen LogP contribution is 2.20. The van der Waals surface area contributed by atoms with Crippen LogP contribution < -0.4 is 5.73 Å². The van der Waals surface area contributed by atoms with E-state index in [4.69, 9.17) is 5.73 Å². The Morgan fingerprint density at radius 3 is 2.56 bits per heavy atom. The molecule has 1 aromatic heterocycles. The topological polar surface area (TPSA) is 81.2 Å². The molecule has 6 nitrogen and oxygen atoms in total. The molecule has 0 radical (unpaired) electrons. The smallest absolute Gasteiger partial charge is 0.245 e. The predicted octanol–water partition coefficient (Wildman–Crippen LogP) is 0.508. The molecule has 1 heterocycles. The van der Waals surface area contributed by atoms with Crippen molar-refractivity contribution in [2.24, 2.45) is 11.1 Å². The number of nitrogens with two attached hydrogens (primary N) is 1. The van der Waals surface area contributed by atoms with Crippen molar-refractivity contribution >= 4 is 10.0 Å². The number of sulfonamides is 1. The highest BCUT2D eigenvalue weighted by molar-refractivity contribution is 7.89. The fraction of sp³-hybridized carbons (Fsp3) is 0.727. The quantitative estimate of drug-likeness (QED) is 0.848. The van der Waals surface area contributed by atoms with E-state index in [1.54, 1.807) is 7.05 Å². The lowest BCUT2D eigenvalue weighted by Gasteiger charge is -2.25. The first-order chi connectivity index (χ1) is 8.16. The van der Waals surface area contributed by atoms with E-state index >= 15 is 0 Å². The van der Waals surface area contributed by atoms with Crippen LogP contribution >= 0.6 is 0 Å². The predicted molar refractivity (Wildman–Crippen MR) is 70.6 cm³/mol. The Bertz CT molecular complexity index is 487. The van der Waals surface area contributed by atoms with Gasteiger partial charge in [-0.15, -0.1) is 0 Å². The van der Waals surface area contributed by atoms with Crippen molar-refractivity contribution in [3.8, 4) is 0 Å². The first kappa shape index (κ1) is 15.1. The molecule has 18 heavy (non-hydrogen) atoms. The monoisotopic (exact) mass is 274 g/mol. The molecule has 0 aliphatic carbocycles. The van der Waals surface area contributed by atoms with Gasteiger partial charge < -0.3 is 5.73 Å². The van der Waals surface area contributed by atoms with E-state index in [0.717, 1.165) is 0 Å². The number of aromatic nitrogens is 2. The first-order valence-corrected chi connectivity index (χ1v) is 7.30. The van der Waals surface area contributed by atoms with Crippen LogP contribution in [0.5, 0.6) is 0 Å². The summed E-state index contributed by atoms with van der Waals surface area (Å²) in [6.45, 7) is 7.39. The maximum absolute atomic E-state index is 12.3. The molecule has 7 heteroatoms. The van der Waals surface area contributed by atoms with Gasteiger partial charge in [-0.2, -0.15) is 5.10 Å². The molecule has 1 aromatic rings. The largest absolute Gasteiger partial charge is 0.329 e. The summed E-state index contributed by atoms with van der Waals surface area (Å²) in [6, 6.07) is 0. The summed E-state index contributed by atoms with van der Waals surface area (Å²) in [6.07, 6.45) is 2.88. The Labute approximate surface area is 109 Å². The van der Waals surface area contributed by atoms with Crippen LogP contribution in [0.1, 0.15) is 20.8 Å². The normalized spacial score (nSPS) is 13.2. The minimum Gasteiger partial charge on any atom is -0.329 e. The van der Waals surface area contributed by atoms with Gasteiger partial charge in [0.05, 0.1) is 12.7 Å². The minimum atomic E-state index is -3.46. The van der Waals surface area contributed by atoms with E-state index in [9.17, 15) is 8.42 Å². The number of hydrogen-bond donors (Lipinski definition) is 1. The zero-order chi connectivity index (χ0) is 14.0. The second-order valence-electron chi connectivity index (χ2n) is 5.55. The van der Waals surface area contributed by atoms with E-state index < -0.39 is 10.0 Å². The highest BCUT2D eigenvalue weighted by atomic mass is 32.2. The summed E-state index contributed by atoms with van der Waals surface area (Å²) in [5.41, 5.74) is 5.31. The molecule has 0 aliphatic rings. The van der Waals surface area contributed by atoms with Gasteiger partial charge in [0.15, 0.2) is 0 Å². The van der Waals surface area contributed by atoms with Crippen molar-refractivity contribution in [2.45, 2.75) is 32.2 Å². The van der Waals surface area contributed by atoms with Gasteiger partial charge in [-0.05, 0) is 5.41 Å². The Balaban J connectivity index is 2.91. The van der Waals surface area contributed by atoms with Crippen molar-refractivity contribution < 1.29 is 8.42 Å². The fourth-order valence-corrected chi connectivity index (χ4v) is 3.02. The lowest BCUT2D eigenvalue weighted by molar-refractivity contribution is 0.311. The molecule has 1 rings (SSSR count). The summed E-state index contributed by atoms with van der Waals surface area (Å²) >= 11 is 0. The van der Waals surface area contributed by atoms with Crippen molar-refractivity contribution in [3.05, 3.63) is 12.4 Å². The van der Waals surface area contributed by atoms with Crippen LogP contribution in [0.3, 0.4) is 0 Å². The van der Waals surface area contributed by atoms with Crippen LogP contribution in [0.25, 0.3) is 0 Å². The molecule has 0 atom stereocenters. The van der Waals surface area contributed by atoms with Crippen LogP contribution in [0, 0.1) is 5.41 Å². The molecule has 0 unspecified atom stereocenters. The fourth-order valence-electron chi connectivity index (χ4n) is 1.67. The SMILES string of the molecule is CN(CC(C)(C)C)S(=O)(=O)c1cnn(CCN)c1. The third kappa shape index (κ3) is 3.79. The average molecular weight is 274 g/mol. The lowest BCUT2D eigenvalue weighted by atomic mass is 9.97. The maximum atomic E-state index is 12.3. The van der Waals surface area contributed by atoms with Gasteiger partial charge in [-0.1, -0.05) is 20.8 Å². The van der Waals surface area contributed by atoms with Crippen molar-refractivity contribution in [2.75, 3.05) is 20.1 Å². The van der Waals surface area contributed by atoms with E-state index in [1.807, 2.05) is 20.8 Å². The van der Waals surface area contributed by atoms with E-state index in [1.165, 1.54) is 21.4 Å². The van der Waals surface area contributed by atoms with Gasteiger partial charge in [-0.25, -0.2) is 12.7 Å². The highest BCUT2D eigenvalue weighted by Gasteiger charge is 2.26. The summed E-state index contributed by atoms with van der Waals surface area (Å²) in [5.74, 6) is 0. The van der Waals surface area contributed by atoms with Gasteiger partial charge in [0, 0.05) is 26.3 Å². The third-order valence-electron chi connectivity index (χ3n) is 2.37. The molecule has 0 spiro atoms. The van der Waals surface area contributed by atoms with E-state index in [2.05, 4.69) is 5.10 Å². The van der Waals surface area contributed by atoms with Gasteiger partial charge in [-0.3, -0.25) is 4.68 Å². The molecule has 0 amide bonds. The molecule has 0 saturated carbocycles. The first-order valence-electron chi connectivity index (χ1n) is 5.86. The van der Waals surface area contributed by atoms with Gasteiger partial charge in [0.25, 0.3) is 0 Å². The Kier molecular flexibility index (Phi) is 4.52. The van der Waals surface area contributed by atoms with Gasteiger partial charge in [0.1, 0.15) is 4.90 Å². The Morgan fingerprint density at radius 1 is 1.44 bits per heavy atom. The second-order valence-corrected chi connectivity index (χ2v) is 7.59. The molecule has 0 bridgehead atoms. The van der Waals surface area contributed by atoms with E-state index in [0.29, 0.717) is 19.6 Å². The lowest BCUT2D eigenvalue weighted by Crippen LogP contribution is -2.34. The minimum absolute atomic E-state index is 0.0882. The summed E-state index contributed by atoms with van der Waals surface area (Å²) < 4.78 is 27.4. The molecule has 104 valence electrons. The zero-order valence-electron chi connectivity index (χ0n) is 11.4. The Hall–Kier alpha value is -0.920. The van der Waals surface area contributed by atoms with Crippen LogP contribution in [-0.2, 0) is 16.6 Å². The van der Waals surface area contributed by atoms with Crippen LogP contribution in [0.4, 0.5) is 0 Å². The average Bonchev–Trinajstić information content (AvgIpc) is 2.64. The van der Waals surface area contributed by atoms with Gasteiger partial charge >= 0.3 is 0 Å².